The first kappa shape index (κ1) is 8.63. The van der Waals surface area contributed by atoms with E-state index in [1.807, 2.05) is 6.20 Å². The summed E-state index contributed by atoms with van der Waals surface area (Å²) in [5.74, 6) is 0. The van der Waals surface area contributed by atoms with Gasteiger partial charge < -0.3 is 0 Å². The van der Waals surface area contributed by atoms with Crippen molar-refractivity contribution in [2.75, 3.05) is 13.6 Å². The third-order valence-electron chi connectivity index (χ3n) is 2.69. The summed E-state index contributed by atoms with van der Waals surface area (Å²) in [5.41, 5.74) is 1.12. The van der Waals surface area contributed by atoms with E-state index in [2.05, 4.69) is 21.9 Å². The van der Waals surface area contributed by atoms with Crippen molar-refractivity contribution in [3.63, 3.8) is 0 Å². The number of likely N-dealkylation sites (tertiary alicyclic amines) is 1. The number of aromatic nitrogens is 2. The van der Waals surface area contributed by atoms with Crippen LogP contribution in [0.3, 0.4) is 0 Å². The lowest BCUT2D eigenvalue weighted by molar-refractivity contribution is 0.183. The molecule has 1 aliphatic heterocycles. The van der Waals surface area contributed by atoms with Crippen LogP contribution in [0.4, 0.5) is 0 Å². The van der Waals surface area contributed by atoms with Crippen molar-refractivity contribution in [1.82, 2.24) is 14.9 Å². The molecule has 13 heavy (non-hydrogen) atoms. The highest BCUT2D eigenvalue weighted by Gasteiger charge is 2.21. The fourth-order valence-corrected chi connectivity index (χ4v) is 1.93. The van der Waals surface area contributed by atoms with Crippen LogP contribution in [-0.2, 0) is 0 Å². The maximum atomic E-state index is 4.35. The monoisotopic (exact) mass is 177 g/mol. The number of piperidine rings is 1. The van der Waals surface area contributed by atoms with E-state index in [0.717, 1.165) is 5.69 Å². The summed E-state index contributed by atoms with van der Waals surface area (Å²) in [4.78, 5) is 10.8. The van der Waals surface area contributed by atoms with Gasteiger partial charge in [-0.1, -0.05) is 6.42 Å². The molecule has 0 aliphatic carbocycles. The summed E-state index contributed by atoms with van der Waals surface area (Å²) in [7, 11) is 2.17. The second kappa shape index (κ2) is 3.83. The summed E-state index contributed by atoms with van der Waals surface area (Å²) >= 11 is 0. The Morgan fingerprint density at radius 3 is 3.00 bits per heavy atom. The topological polar surface area (TPSA) is 29.0 Å². The van der Waals surface area contributed by atoms with Gasteiger partial charge in [0, 0.05) is 18.6 Å². The fraction of sp³-hybridized carbons (Fsp3) is 0.600. The van der Waals surface area contributed by atoms with Crippen molar-refractivity contribution in [1.29, 1.82) is 0 Å². The van der Waals surface area contributed by atoms with Gasteiger partial charge in [-0.15, -0.1) is 0 Å². The van der Waals surface area contributed by atoms with Crippen molar-refractivity contribution in [3.05, 3.63) is 24.3 Å². The minimum absolute atomic E-state index is 0.488. The molecule has 70 valence electrons. The largest absolute Gasteiger partial charge is 0.298 e. The molecule has 1 fully saturated rings. The number of hydrogen-bond donors (Lipinski definition) is 0. The molecule has 0 amide bonds. The summed E-state index contributed by atoms with van der Waals surface area (Å²) < 4.78 is 0. The van der Waals surface area contributed by atoms with Gasteiger partial charge in [-0.05, 0) is 26.4 Å². The molecule has 3 nitrogen and oxygen atoms in total. The van der Waals surface area contributed by atoms with Gasteiger partial charge in [0.2, 0.25) is 0 Å². The van der Waals surface area contributed by atoms with Crippen LogP contribution in [-0.4, -0.2) is 28.5 Å². The standard InChI is InChI=1S/C10H15N3/c1-13-7-3-2-4-10(13)9-8-11-5-6-12-9/h5-6,8,10H,2-4,7H2,1H3. The molecule has 1 saturated heterocycles. The lowest BCUT2D eigenvalue weighted by Gasteiger charge is -2.31. The highest BCUT2D eigenvalue weighted by Crippen LogP contribution is 2.27. The minimum Gasteiger partial charge on any atom is -0.298 e. The first-order valence-corrected chi connectivity index (χ1v) is 4.84. The zero-order valence-corrected chi connectivity index (χ0v) is 7.98. The van der Waals surface area contributed by atoms with Crippen LogP contribution in [0.2, 0.25) is 0 Å². The summed E-state index contributed by atoms with van der Waals surface area (Å²) in [6.07, 6.45) is 9.23. The minimum atomic E-state index is 0.488. The van der Waals surface area contributed by atoms with E-state index in [1.54, 1.807) is 12.4 Å². The predicted molar refractivity (Wildman–Crippen MR) is 51.3 cm³/mol. The third-order valence-corrected chi connectivity index (χ3v) is 2.69. The Labute approximate surface area is 78.8 Å². The molecule has 1 atom stereocenters. The number of rotatable bonds is 1. The van der Waals surface area contributed by atoms with E-state index in [9.17, 15) is 0 Å². The maximum absolute atomic E-state index is 4.35. The second-order valence-electron chi connectivity index (χ2n) is 3.62. The van der Waals surface area contributed by atoms with E-state index < -0.39 is 0 Å². The van der Waals surface area contributed by atoms with Crippen molar-refractivity contribution >= 4 is 0 Å². The van der Waals surface area contributed by atoms with Crippen LogP contribution in [0, 0.1) is 0 Å². The average Bonchev–Trinajstić information content (AvgIpc) is 2.20. The molecule has 0 radical (unpaired) electrons. The van der Waals surface area contributed by atoms with E-state index >= 15 is 0 Å². The predicted octanol–water partition coefficient (Wildman–Crippen LogP) is 1.63. The van der Waals surface area contributed by atoms with Gasteiger partial charge >= 0.3 is 0 Å². The molecule has 2 heterocycles. The molecule has 1 aromatic rings. The van der Waals surface area contributed by atoms with Gasteiger partial charge in [-0.3, -0.25) is 14.9 Å². The van der Waals surface area contributed by atoms with Gasteiger partial charge in [0.1, 0.15) is 0 Å². The zero-order chi connectivity index (χ0) is 9.10. The molecule has 2 rings (SSSR count). The molecule has 1 aliphatic rings. The first-order chi connectivity index (χ1) is 6.38. The fourth-order valence-electron chi connectivity index (χ4n) is 1.93. The molecule has 0 bridgehead atoms. The second-order valence-corrected chi connectivity index (χ2v) is 3.62. The van der Waals surface area contributed by atoms with Gasteiger partial charge in [0.25, 0.3) is 0 Å². The Hall–Kier alpha value is -0.960. The van der Waals surface area contributed by atoms with Crippen LogP contribution in [0.5, 0.6) is 0 Å². The Kier molecular flexibility index (Phi) is 2.54. The number of hydrogen-bond acceptors (Lipinski definition) is 3. The molecule has 0 N–H and O–H groups in total. The van der Waals surface area contributed by atoms with E-state index in [1.165, 1.54) is 25.8 Å². The molecular formula is C10H15N3. The van der Waals surface area contributed by atoms with E-state index in [0.29, 0.717) is 6.04 Å². The Morgan fingerprint density at radius 1 is 1.38 bits per heavy atom. The van der Waals surface area contributed by atoms with Crippen LogP contribution in [0.25, 0.3) is 0 Å². The van der Waals surface area contributed by atoms with Gasteiger partial charge in [0.15, 0.2) is 0 Å². The lowest BCUT2D eigenvalue weighted by Crippen LogP contribution is -2.30. The lowest BCUT2D eigenvalue weighted by atomic mass is 10.0. The van der Waals surface area contributed by atoms with Gasteiger partial charge in [-0.25, -0.2) is 0 Å². The van der Waals surface area contributed by atoms with Gasteiger partial charge in [0.05, 0.1) is 11.7 Å². The Balaban J connectivity index is 2.15. The highest BCUT2D eigenvalue weighted by molar-refractivity contribution is 5.03. The van der Waals surface area contributed by atoms with Crippen LogP contribution >= 0.6 is 0 Å². The van der Waals surface area contributed by atoms with Crippen molar-refractivity contribution in [2.24, 2.45) is 0 Å². The molecule has 3 heteroatoms. The van der Waals surface area contributed by atoms with Crippen LogP contribution in [0.1, 0.15) is 31.0 Å². The summed E-state index contributed by atoms with van der Waals surface area (Å²) in [5, 5.41) is 0. The molecule has 0 spiro atoms. The Bertz CT molecular complexity index is 260. The normalized spacial score (nSPS) is 24.5. The van der Waals surface area contributed by atoms with E-state index in [4.69, 9.17) is 0 Å². The zero-order valence-electron chi connectivity index (χ0n) is 7.98. The quantitative estimate of drug-likeness (QED) is 0.653. The van der Waals surface area contributed by atoms with Crippen molar-refractivity contribution < 1.29 is 0 Å². The Morgan fingerprint density at radius 2 is 2.31 bits per heavy atom. The number of nitrogens with zero attached hydrogens (tertiary/aromatic N) is 3. The molecule has 0 aromatic carbocycles. The summed E-state index contributed by atoms with van der Waals surface area (Å²) in [6.45, 7) is 1.18. The maximum Gasteiger partial charge on any atom is 0.0758 e. The summed E-state index contributed by atoms with van der Waals surface area (Å²) in [6, 6.07) is 0.488. The molecule has 1 unspecified atom stereocenters. The van der Waals surface area contributed by atoms with Crippen molar-refractivity contribution in [2.45, 2.75) is 25.3 Å². The van der Waals surface area contributed by atoms with Gasteiger partial charge in [-0.2, -0.15) is 0 Å². The third kappa shape index (κ3) is 1.86. The SMILES string of the molecule is CN1CCCCC1c1cnccn1. The highest BCUT2D eigenvalue weighted by atomic mass is 15.1. The van der Waals surface area contributed by atoms with E-state index in [-0.39, 0.29) is 0 Å². The molecule has 0 saturated carbocycles. The van der Waals surface area contributed by atoms with Crippen LogP contribution < -0.4 is 0 Å². The van der Waals surface area contributed by atoms with Crippen LogP contribution in [0.15, 0.2) is 18.6 Å². The molecular weight excluding hydrogens is 162 g/mol. The first-order valence-electron chi connectivity index (χ1n) is 4.84. The molecule has 1 aromatic heterocycles. The smallest absolute Gasteiger partial charge is 0.0758 e. The average molecular weight is 177 g/mol. The van der Waals surface area contributed by atoms with Crippen molar-refractivity contribution in [3.8, 4) is 0 Å².